The van der Waals surface area contributed by atoms with Crippen molar-refractivity contribution in [1.29, 1.82) is 0 Å². The minimum absolute atomic E-state index is 0.156. The van der Waals surface area contributed by atoms with Gasteiger partial charge < -0.3 is 19.1 Å². The molecule has 0 unspecified atom stereocenters. The smallest absolute Gasteiger partial charge is 0.341 e. The summed E-state index contributed by atoms with van der Waals surface area (Å²) in [6.07, 6.45) is 6.83. The Bertz CT molecular complexity index is 1320. The second-order valence-electron chi connectivity index (χ2n) is 9.54. The number of hydroxylamine groups is 2. The Kier molecular flexibility index (Phi) is 10.7. The van der Waals surface area contributed by atoms with E-state index in [4.69, 9.17) is 19.1 Å². The number of rotatable bonds is 6. The first-order valence-corrected chi connectivity index (χ1v) is 15.5. The summed E-state index contributed by atoms with van der Waals surface area (Å²) in [7, 11) is 0. The number of esters is 2. The highest BCUT2D eigenvalue weighted by Crippen LogP contribution is 2.42. The van der Waals surface area contributed by atoms with Crippen LogP contribution in [0.4, 0.5) is 10.0 Å². The molecule has 2 aromatic heterocycles. The quantitative estimate of drug-likeness (QED) is 0.151. The van der Waals surface area contributed by atoms with Crippen molar-refractivity contribution in [2.45, 2.75) is 79.1 Å². The van der Waals surface area contributed by atoms with Crippen molar-refractivity contribution in [3.05, 3.63) is 32.0 Å². The first-order chi connectivity index (χ1) is 20.2. The van der Waals surface area contributed by atoms with E-state index < -0.39 is 23.9 Å². The van der Waals surface area contributed by atoms with Gasteiger partial charge in [-0.3, -0.25) is 9.59 Å². The lowest BCUT2D eigenvalue weighted by molar-refractivity contribution is -0.146. The fraction of sp³-hybridized carbons (Fsp3) is 0.500. The molecule has 0 atom stereocenters. The molecule has 2 aliphatic rings. The molecule has 0 fully saturated rings. The van der Waals surface area contributed by atoms with Gasteiger partial charge >= 0.3 is 23.9 Å². The van der Waals surface area contributed by atoms with Gasteiger partial charge in [0.15, 0.2) is 0 Å². The number of amidine groups is 2. The van der Waals surface area contributed by atoms with Gasteiger partial charge in [0.05, 0.1) is 24.3 Å². The minimum atomic E-state index is -0.676. The summed E-state index contributed by atoms with van der Waals surface area (Å²) >= 11 is 2.67. The van der Waals surface area contributed by atoms with Crippen molar-refractivity contribution in [2.24, 2.45) is 9.98 Å². The number of hydrogen-bond donors (Lipinski definition) is 2. The van der Waals surface area contributed by atoms with E-state index in [0.29, 0.717) is 34.0 Å². The highest BCUT2D eigenvalue weighted by Gasteiger charge is 2.30. The topological polar surface area (TPSA) is 154 Å². The molecule has 0 saturated carbocycles. The van der Waals surface area contributed by atoms with Crippen LogP contribution in [0.1, 0.15) is 95.0 Å². The van der Waals surface area contributed by atoms with E-state index in [1.165, 1.54) is 36.5 Å². The van der Waals surface area contributed by atoms with Gasteiger partial charge in [-0.1, -0.05) is 0 Å². The van der Waals surface area contributed by atoms with E-state index in [-0.39, 0.29) is 24.9 Å². The third-order valence-electron chi connectivity index (χ3n) is 6.50. The van der Waals surface area contributed by atoms with Gasteiger partial charge in [0.1, 0.15) is 10.0 Å². The summed E-state index contributed by atoms with van der Waals surface area (Å²) in [6, 6.07) is 0. The third-order valence-corrected chi connectivity index (χ3v) is 8.87. The lowest BCUT2D eigenvalue weighted by atomic mass is 9.95. The Morgan fingerprint density at radius 3 is 1.40 bits per heavy atom. The van der Waals surface area contributed by atoms with Crippen LogP contribution in [0.15, 0.2) is 9.98 Å². The molecule has 2 heterocycles. The Labute approximate surface area is 251 Å². The van der Waals surface area contributed by atoms with Crippen LogP contribution in [-0.4, -0.2) is 48.8 Å². The molecule has 0 aliphatic heterocycles. The van der Waals surface area contributed by atoms with Crippen molar-refractivity contribution in [3.63, 3.8) is 0 Å². The average Bonchev–Trinajstić information content (AvgIpc) is 3.51. The molecule has 226 valence electrons. The van der Waals surface area contributed by atoms with Gasteiger partial charge in [0.2, 0.25) is 11.7 Å². The van der Waals surface area contributed by atoms with E-state index in [2.05, 4.69) is 20.9 Å². The molecule has 4 rings (SSSR count). The first kappa shape index (κ1) is 31.2. The maximum atomic E-state index is 13.1. The van der Waals surface area contributed by atoms with E-state index >= 15 is 0 Å². The Morgan fingerprint density at radius 1 is 0.667 bits per heavy atom. The number of nitrogens with zero attached hydrogens (tertiary/aromatic N) is 2. The lowest BCUT2D eigenvalue weighted by Crippen LogP contribution is -2.41. The molecule has 2 aromatic rings. The highest BCUT2D eigenvalue weighted by molar-refractivity contribution is 7.17. The summed E-state index contributed by atoms with van der Waals surface area (Å²) in [5, 5.41) is 0.645. The number of carbonyl (C=O) groups excluding carboxylic acids is 4. The van der Waals surface area contributed by atoms with Crippen LogP contribution < -0.4 is 11.0 Å². The molecule has 14 heteroatoms. The van der Waals surface area contributed by atoms with Crippen molar-refractivity contribution < 1.29 is 38.3 Å². The highest BCUT2D eigenvalue weighted by atomic mass is 32.1. The molecular weight excluding hydrogens is 584 g/mol. The Morgan fingerprint density at radius 2 is 1.05 bits per heavy atom. The number of aliphatic imine (C=N–C) groups is 2. The fourth-order valence-corrected chi connectivity index (χ4v) is 7.28. The number of hydrogen-bond acceptors (Lipinski definition) is 12. The molecule has 12 nitrogen and oxygen atoms in total. The molecule has 0 saturated heterocycles. The second kappa shape index (κ2) is 14.4. The van der Waals surface area contributed by atoms with Gasteiger partial charge in [-0.2, -0.15) is 11.0 Å². The number of carbonyl (C=O) groups is 4. The number of aryl methyl sites for hydroxylation is 2. The van der Waals surface area contributed by atoms with Crippen LogP contribution in [0.3, 0.4) is 0 Å². The number of thiophene rings is 2. The summed E-state index contributed by atoms with van der Waals surface area (Å²) in [6.45, 7) is 6.21. The van der Waals surface area contributed by atoms with Gasteiger partial charge in [-0.15, -0.1) is 22.7 Å². The second-order valence-corrected chi connectivity index (χ2v) is 11.7. The van der Waals surface area contributed by atoms with E-state index in [1.807, 2.05) is 0 Å². The number of ether oxygens (including phenoxy) is 2. The molecule has 0 aromatic carbocycles. The lowest BCUT2D eigenvalue weighted by Gasteiger charge is -2.14. The summed E-state index contributed by atoms with van der Waals surface area (Å²) in [4.78, 5) is 71.2. The summed E-state index contributed by atoms with van der Waals surface area (Å²) in [5.41, 5.74) is 7.42. The summed E-state index contributed by atoms with van der Waals surface area (Å²) < 4.78 is 10.7. The molecule has 2 aliphatic carbocycles. The van der Waals surface area contributed by atoms with Crippen molar-refractivity contribution in [1.82, 2.24) is 11.0 Å². The normalized spacial score (nSPS) is 14.8. The van der Waals surface area contributed by atoms with E-state index in [0.717, 1.165) is 59.4 Å². The van der Waals surface area contributed by atoms with Gasteiger partial charge in [0, 0.05) is 23.6 Å². The minimum Gasteiger partial charge on any atom is -0.462 e. The zero-order valence-corrected chi connectivity index (χ0v) is 25.7. The standard InChI is InChI=1S/C28H34N4O8S2/c1-5-37-27(35)21-17-11-7-9-13-19(17)41-25(21)29-23(31-39-15(3)33)24(32-40-16(4)34)30-26-22(28(36)38-6-2)18-12-8-10-14-20(18)42-26/h5-14H2,1-4H3,(H,29,31)(H,30,32). The van der Waals surface area contributed by atoms with Crippen LogP contribution in [-0.2, 0) is 54.4 Å². The van der Waals surface area contributed by atoms with Crippen molar-refractivity contribution in [3.8, 4) is 0 Å². The molecular formula is C28H34N4O8S2. The SMILES string of the molecule is CCOC(=O)c1c(/N=C(NOC(C)=O)/C(=N\c2sc3c(c2C(=O)OCC)CCCC3)NOC(C)=O)sc2c1CCCC2. The Balaban J connectivity index is 1.90. The van der Waals surface area contributed by atoms with Crippen molar-refractivity contribution in [2.75, 3.05) is 13.2 Å². The maximum Gasteiger partial charge on any atom is 0.341 e. The number of nitrogens with one attached hydrogen (secondary N) is 2. The zero-order valence-electron chi connectivity index (χ0n) is 24.0. The van der Waals surface area contributed by atoms with E-state index in [1.54, 1.807) is 13.8 Å². The summed E-state index contributed by atoms with van der Waals surface area (Å²) in [5.74, 6) is -2.68. The monoisotopic (exact) mass is 618 g/mol. The van der Waals surface area contributed by atoms with Crippen LogP contribution in [0, 0.1) is 0 Å². The molecule has 0 amide bonds. The van der Waals surface area contributed by atoms with E-state index in [9.17, 15) is 19.2 Å². The predicted molar refractivity (Wildman–Crippen MR) is 158 cm³/mol. The average molecular weight is 619 g/mol. The number of fused-ring (bicyclic) bond motifs is 2. The zero-order chi connectivity index (χ0) is 30.2. The van der Waals surface area contributed by atoms with Crippen molar-refractivity contribution >= 4 is 68.2 Å². The van der Waals surface area contributed by atoms with Crippen LogP contribution in [0.25, 0.3) is 0 Å². The molecule has 0 spiro atoms. The maximum absolute atomic E-state index is 13.1. The largest absolute Gasteiger partial charge is 0.462 e. The molecule has 0 radical (unpaired) electrons. The van der Waals surface area contributed by atoms with Crippen LogP contribution in [0.5, 0.6) is 0 Å². The first-order valence-electron chi connectivity index (χ1n) is 13.9. The molecule has 0 bridgehead atoms. The third kappa shape index (κ3) is 7.34. The van der Waals surface area contributed by atoms with Gasteiger partial charge in [-0.05, 0) is 76.3 Å². The molecule has 42 heavy (non-hydrogen) atoms. The van der Waals surface area contributed by atoms with Gasteiger partial charge in [-0.25, -0.2) is 19.6 Å². The fourth-order valence-electron chi connectivity index (χ4n) is 4.78. The molecule has 2 N–H and O–H groups in total. The Hall–Kier alpha value is -3.78. The van der Waals surface area contributed by atoms with Gasteiger partial charge in [0.25, 0.3) is 0 Å². The van der Waals surface area contributed by atoms with Crippen LogP contribution in [0.2, 0.25) is 0 Å². The predicted octanol–water partition coefficient (Wildman–Crippen LogP) is 4.82. The van der Waals surface area contributed by atoms with Crippen LogP contribution >= 0.6 is 22.7 Å².